The molecule has 152 valence electrons. The van der Waals surface area contributed by atoms with Gasteiger partial charge in [-0.05, 0) is 49.9 Å². The first-order chi connectivity index (χ1) is 13.8. The molecule has 0 aliphatic carbocycles. The summed E-state index contributed by atoms with van der Waals surface area (Å²) in [5, 5.41) is 5.47. The number of anilines is 1. The summed E-state index contributed by atoms with van der Waals surface area (Å²) < 4.78 is 33.4. The van der Waals surface area contributed by atoms with Gasteiger partial charge in [-0.15, -0.1) is 11.3 Å². The Morgan fingerprint density at radius 1 is 1.24 bits per heavy atom. The van der Waals surface area contributed by atoms with Gasteiger partial charge in [0.05, 0.1) is 5.69 Å². The van der Waals surface area contributed by atoms with Crippen molar-refractivity contribution < 1.29 is 17.7 Å². The number of nitrogens with zero attached hydrogens (tertiary/aromatic N) is 3. The Morgan fingerprint density at radius 3 is 2.76 bits per heavy atom. The molecule has 10 heteroatoms. The number of aromatic nitrogens is 2. The predicted octanol–water partition coefficient (Wildman–Crippen LogP) is 3.45. The fraction of sp³-hybridized carbons (Fsp3) is 0.316. The van der Waals surface area contributed by atoms with Gasteiger partial charge >= 0.3 is 11.8 Å². The maximum absolute atomic E-state index is 12.8. The van der Waals surface area contributed by atoms with Crippen molar-refractivity contribution in [2.75, 3.05) is 17.8 Å². The lowest BCUT2D eigenvalue weighted by atomic mass is 10.1. The molecule has 0 unspecified atom stereocenters. The van der Waals surface area contributed by atoms with Crippen molar-refractivity contribution in [3.05, 3.63) is 46.7 Å². The zero-order chi connectivity index (χ0) is 20.6. The number of carbonyl (C=O) groups excluding carboxylic acids is 1. The third kappa shape index (κ3) is 3.90. The molecule has 1 amide bonds. The molecule has 1 saturated heterocycles. The van der Waals surface area contributed by atoms with Crippen LogP contribution in [0.5, 0.6) is 0 Å². The van der Waals surface area contributed by atoms with Crippen molar-refractivity contribution in [1.82, 2.24) is 15.0 Å². The highest BCUT2D eigenvalue weighted by Gasteiger charge is 2.26. The minimum Gasteiger partial charge on any atom is -0.334 e. The van der Waals surface area contributed by atoms with Crippen LogP contribution in [0, 0.1) is 13.8 Å². The zero-order valence-electron chi connectivity index (χ0n) is 16.0. The van der Waals surface area contributed by atoms with Crippen molar-refractivity contribution in [3.63, 3.8) is 0 Å². The summed E-state index contributed by atoms with van der Waals surface area (Å²) in [6.07, 6.45) is 1.93. The van der Waals surface area contributed by atoms with Crippen LogP contribution < -0.4 is 4.72 Å². The summed E-state index contributed by atoms with van der Waals surface area (Å²) in [7, 11) is -3.76. The van der Waals surface area contributed by atoms with Crippen LogP contribution in [0.3, 0.4) is 0 Å². The van der Waals surface area contributed by atoms with Crippen LogP contribution >= 0.6 is 11.3 Å². The smallest absolute Gasteiger partial charge is 0.316 e. The van der Waals surface area contributed by atoms with Gasteiger partial charge in [0.15, 0.2) is 0 Å². The summed E-state index contributed by atoms with van der Waals surface area (Å²) in [5.74, 6) is -0.177. The van der Waals surface area contributed by atoms with E-state index in [0.29, 0.717) is 24.3 Å². The lowest BCUT2D eigenvalue weighted by Crippen LogP contribution is -2.27. The summed E-state index contributed by atoms with van der Waals surface area (Å²) in [6.45, 7) is 5.15. The van der Waals surface area contributed by atoms with Gasteiger partial charge in [0.25, 0.3) is 10.0 Å². The van der Waals surface area contributed by atoms with Crippen LogP contribution in [0.2, 0.25) is 0 Å². The van der Waals surface area contributed by atoms with Gasteiger partial charge in [-0.2, -0.15) is 4.98 Å². The normalized spacial score (nSPS) is 14.3. The van der Waals surface area contributed by atoms with Crippen molar-refractivity contribution in [3.8, 4) is 11.4 Å². The molecule has 3 heterocycles. The van der Waals surface area contributed by atoms with E-state index in [9.17, 15) is 13.2 Å². The molecule has 1 aliphatic heterocycles. The standard InChI is InChI=1S/C19H20N4O4S2/c1-12-6-5-7-15(13(12)2)22-29(25,26)16-10-14(11-28-16)17-20-18(27-21-17)19(24)23-8-3-4-9-23/h5-7,10-11,22H,3-4,8-9H2,1-2H3. The van der Waals surface area contributed by atoms with Crippen LogP contribution in [0.1, 0.15) is 34.7 Å². The Balaban J connectivity index is 1.55. The Hall–Kier alpha value is -2.72. The Bertz CT molecular complexity index is 1160. The van der Waals surface area contributed by atoms with Gasteiger partial charge in [-0.25, -0.2) is 8.42 Å². The fourth-order valence-electron chi connectivity index (χ4n) is 3.11. The number of carbonyl (C=O) groups is 1. The number of thiophene rings is 1. The van der Waals surface area contributed by atoms with Crippen molar-refractivity contribution in [1.29, 1.82) is 0 Å². The summed E-state index contributed by atoms with van der Waals surface area (Å²) in [5.41, 5.74) is 2.90. The molecular formula is C19H20N4O4S2. The van der Waals surface area contributed by atoms with Crippen molar-refractivity contribution in [2.45, 2.75) is 30.9 Å². The average Bonchev–Trinajstić information content (AvgIpc) is 3.45. The lowest BCUT2D eigenvalue weighted by Gasteiger charge is -2.11. The number of aryl methyl sites for hydroxylation is 1. The molecule has 0 atom stereocenters. The maximum atomic E-state index is 12.8. The summed E-state index contributed by atoms with van der Waals surface area (Å²) in [4.78, 5) is 18.2. The molecule has 4 rings (SSSR count). The van der Waals surface area contributed by atoms with E-state index in [1.54, 1.807) is 22.4 Å². The molecule has 0 bridgehead atoms. The topological polar surface area (TPSA) is 105 Å². The minimum absolute atomic E-state index is 0.0778. The van der Waals surface area contributed by atoms with Crippen molar-refractivity contribution in [2.24, 2.45) is 0 Å². The Labute approximate surface area is 172 Å². The highest BCUT2D eigenvalue weighted by molar-refractivity contribution is 7.94. The van der Waals surface area contributed by atoms with Gasteiger partial charge in [-0.1, -0.05) is 17.3 Å². The van der Waals surface area contributed by atoms with Gasteiger partial charge in [-0.3, -0.25) is 9.52 Å². The molecule has 3 aromatic rings. The van der Waals surface area contributed by atoms with E-state index in [0.717, 1.165) is 35.3 Å². The number of sulfonamides is 1. The van der Waals surface area contributed by atoms with E-state index in [-0.39, 0.29) is 21.8 Å². The minimum atomic E-state index is -3.76. The first-order valence-electron chi connectivity index (χ1n) is 9.16. The third-order valence-electron chi connectivity index (χ3n) is 4.95. The van der Waals surface area contributed by atoms with Crippen LogP contribution in [-0.4, -0.2) is 42.5 Å². The van der Waals surface area contributed by atoms with Crippen LogP contribution in [0.4, 0.5) is 5.69 Å². The first-order valence-corrected chi connectivity index (χ1v) is 11.5. The third-order valence-corrected chi connectivity index (χ3v) is 7.75. The Morgan fingerprint density at radius 2 is 2.00 bits per heavy atom. The fourth-order valence-corrected chi connectivity index (χ4v) is 5.40. The van der Waals surface area contributed by atoms with Crippen LogP contribution in [0.15, 0.2) is 38.4 Å². The molecule has 2 aromatic heterocycles. The van der Waals surface area contributed by atoms with E-state index in [2.05, 4.69) is 14.9 Å². The number of hydrogen-bond donors (Lipinski definition) is 1. The second-order valence-electron chi connectivity index (χ2n) is 6.93. The van der Waals surface area contributed by atoms with Crippen LogP contribution in [-0.2, 0) is 10.0 Å². The molecule has 0 radical (unpaired) electrons. The Kier molecular flexibility index (Phi) is 5.13. The molecule has 29 heavy (non-hydrogen) atoms. The molecule has 1 N–H and O–H groups in total. The highest BCUT2D eigenvalue weighted by atomic mass is 32.2. The monoisotopic (exact) mass is 432 g/mol. The number of nitrogens with one attached hydrogen (secondary N) is 1. The number of likely N-dealkylation sites (tertiary alicyclic amines) is 1. The summed E-state index contributed by atoms with van der Waals surface area (Å²) in [6, 6.07) is 6.93. The second-order valence-corrected chi connectivity index (χ2v) is 9.75. The van der Waals surface area contributed by atoms with Crippen LogP contribution in [0.25, 0.3) is 11.4 Å². The van der Waals surface area contributed by atoms with E-state index in [1.807, 2.05) is 19.9 Å². The highest BCUT2D eigenvalue weighted by Crippen LogP contribution is 2.29. The summed E-state index contributed by atoms with van der Waals surface area (Å²) >= 11 is 1.06. The largest absolute Gasteiger partial charge is 0.334 e. The van der Waals surface area contributed by atoms with E-state index >= 15 is 0 Å². The molecule has 0 spiro atoms. The maximum Gasteiger partial charge on any atom is 0.316 e. The van der Waals surface area contributed by atoms with E-state index < -0.39 is 10.0 Å². The molecule has 1 fully saturated rings. The molecular weight excluding hydrogens is 412 g/mol. The van der Waals surface area contributed by atoms with Gasteiger partial charge in [0.2, 0.25) is 5.82 Å². The zero-order valence-corrected chi connectivity index (χ0v) is 17.6. The van der Waals surface area contributed by atoms with Crippen molar-refractivity contribution >= 4 is 33.0 Å². The number of hydrogen-bond acceptors (Lipinski definition) is 7. The molecule has 0 saturated carbocycles. The molecule has 1 aliphatic rings. The molecule has 8 nitrogen and oxygen atoms in total. The quantitative estimate of drug-likeness (QED) is 0.662. The number of rotatable bonds is 5. The molecule has 1 aromatic carbocycles. The number of amides is 1. The van der Waals surface area contributed by atoms with E-state index in [4.69, 9.17) is 4.52 Å². The average molecular weight is 433 g/mol. The lowest BCUT2D eigenvalue weighted by molar-refractivity contribution is 0.0743. The van der Waals surface area contributed by atoms with Gasteiger partial charge in [0.1, 0.15) is 4.21 Å². The van der Waals surface area contributed by atoms with Gasteiger partial charge in [0, 0.05) is 24.0 Å². The van der Waals surface area contributed by atoms with E-state index in [1.165, 1.54) is 6.07 Å². The van der Waals surface area contributed by atoms with Gasteiger partial charge < -0.3 is 9.42 Å². The predicted molar refractivity (Wildman–Crippen MR) is 109 cm³/mol. The SMILES string of the molecule is Cc1cccc(NS(=O)(=O)c2cc(-c3noc(C(=O)N4CCCC4)n3)cs2)c1C. The first kappa shape index (κ1) is 19.6. The second kappa shape index (κ2) is 7.60. The number of benzene rings is 1.